The predicted molar refractivity (Wildman–Crippen MR) is 99.2 cm³/mol. The van der Waals surface area contributed by atoms with Crippen molar-refractivity contribution in [1.29, 1.82) is 0 Å². The third-order valence-electron chi connectivity index (χ3n) is 4.70. The Hall–Kier alpha value is -1.76. The summed E-state index contributed by atoms with van der Waals surface area (Å²) in [5.74, 6) is 2.65. The number of piperidine rings is 1. The van der Waals surface area contributed by atoms with Gasteiger partial charge < -0.3 is 24.7 Å². The maximum Gasteiger partial charge on any atom is 0.215 e. The number of anilines is 2. The van der Waals surface area contributed by atoms with Gasteiger partial charge in [-0.3, -0.25) is 0 Å². The van der Waals surface area contributed by atoms with Crippen molar-refractivity contribution in [3.8, 4) is 5.88 Å². The number of aromatic nitrogens is 3. The van der Waals surface area contributed by atoms with Gasteiger partial charge in [-0.05, 0) is 25.2 Å². The molecule has 0 saturated carbocycles. The average Bonchev–Trinajstić information content (AvgIpc) is 2.65. The first-order valence-electron chi connectivity index (χ1n) is 8.40. The van der Waals surface area contributed by atoms with Crippen molar-refractivity contribution in [3.05, 3.63) is 12.3 Å². The van der Waals surface area contributed by atoms with Crippen molar-refractivity contribution in [2.45, 2.75) is 19.3 Å². The lowest BCUT2D eigenvalue weighted by Gasteiger charge is -2.33. The molecule has 3 heterocycles. The molecule has 0 bridgehead atoms. The number of methoxy groups -OCH3 is 1. The van der Waals surface area contributed by atoms with Crippen molar-refractivity contribution < 1.29 is 14.5 Å². The maximum atomic E-state index is 9.11. The minimum absolute atomic E-state index is 0.500. The molecule has 0 amide bonds. The van der Waals surface area contributed by atoms with Gasteiger partial charge >= 0.3 is 0 Å². The fraction of sp³-hybridized carbons (Fsp3) is 0.562. The zero-order valence-electron chi connectivity index (χ0n) is 14.5. The SMILES string of the molecule is CNc1nncc2cc(OC)nc(N3CCC(CCP(O)O)CC3)c12. The van der Waals surface area contributed by atoms with E-state index in [1.54, 1.807) is 13.3 Å². The Bertz CT molecular complexity index is 722. The first kappa shape index (κ1) is 18.0. The molecule has 0 radical (unpaired) electrons. The van der Waals surface area contributed by atoms with Gasteiger partial charge in [0, 0.05) is 37.8 Å². The molecule has 0 spiro atoms. The molecule has 1 fully saturated rings. The number of pyridine rings is 1. The van der Waals surface area contributed by atoms with Gasteiger partial charge in [0.2, 0.25) is 5.88 Å². The van der Waals surface area contributed by atoms with Crippen molar-refractivity contribution in [2.75, 3.05) is 43.6 Å². The van der Waals surface area contributed by atoms with Crippen LogP contribution >= 0.6 is 8.38 Å². The largest absolute Gasteiger partial charge is 0.481 e. The van der Waals surface area contributed by atoms with Crippen LogP contribution in [0.3, 0.4) is 0 Å². The summed E-state index contributed by atoms with van der Waals surface area (Å²) in [5, 5.41) is 13.2. The average molecular weight is 365 g/mol. The number of ether oxygens (including phenoxy) is 1. The van der Waals surface area contributed by atoms with Crippen LogP contribution in [-0.2, 0) is 0 Å². The predicted octanol–water partition coefficient (Wildman–Crippen LogP) is 1.98. The highest BCUT2D eigenvalue weighted by atomic mass is 31.2. The topological polar surface area (TPSA) is 104 Å². The van der Waals surface area contributed by atoms with Crippen LogP contribution in [0.5, 0.6) is 5.88 Å². The lowest BCUT2D eigenvalue weighted by atomic mass is 9.94. The Balaban J connectivity index is 1.86. The van der Waals surface area contributed by atoms with Crippen LogP contribution in [0.4, 0.5) is 11.6 Å². The van der Waals surface area contributed by atoms with Crippen LogP contribution in [0.1, 0.15) is 19.3 Å². The quantitative estimate of drug-likeness (QED) is 0.668. The zero-order valence-corrected chi connectivity index (χ0v) is 15.4. The number of fused-ring (bicyclic) bond motifs is 1. The highest BCUT2D eigenvalue weighted by Gasteiger charge is 2.24. The first-order chi connectivity index (χ1) is 12.1. The molecule has 1 aliphatic heterocycles. The normalized spacial score (nSPS) is 15.8. The van der Waals surface area contributed by atoms with E-state index in [0.717, 1.165) is 48.9 Å². The third kappa shape index (κ3) is 4.08. The van der Waals surface area contributed by atoms with Gasteiger partial charge in [-0.25, -0.2) is 0 Å². The van der Waals surface area contributed by atoms with E-state index in [4.69, 9.17) is 14.5 Å². The highest BCUT2D eigenvalue weighted by molar-refractivity contribution is 7.45. The molecule has 0 unspecified atom stereocenters. The van der Waals surface area contributed by atoms with Gasteiger partial charge in [0.25, 0.3) is 0 Å². The molecule has 3 N–H and O–H groups in total. The monoisotopic (exact) mass is 365 g/mol. The van der Waals surface area contributed by atoms with Crippen LogP contribution in [0.15, 0.2) is 12.3 Å². The molecule has 9 heteroatoms. The molecule has 8 nitrogen and oxygen atoms in total. The molecule has 0 atom stereocenters. The summed E-state index contributed by atoms with van der Waals surface area (Å²) in [6.07, 6.45) is 5.11. The van der Waals surface area contributed by atoms with E-state index in [0.29, 0.717) is 23.8 Å². The summed E-state index contributed by atoms with van der Waals surface area (Å²) < 4.78 is 5.35. The summed E-state index contributed by atoms with van der Waals surface area (Å²) in [7, 11) is 1.65. The van der Waals surface area contributed by atoms with Crippen molar-refractivity contribution in [3.63, 3.8) is 0 Å². The summed E-state index contributed by atoms with van der Waals surface area (Å²) >= 11 is 0. The second kappa shape index (κ2) is 8.08. The number of nitrogens with one attached hydrogen (secondary N) is 1. The van der Waals surface area contributed by atoms with E-state index < -0.39 is 8.38 Å². The van der Waals surface area contributed by atoms with E-state index in [1.165, 1.54) is 0 Å². The molecule has 0 aromatic carbocycles. The summed E-state index contributed by atoms with van der Waals surface area (Å²) in [6.45, 7) is 1.75. The number of hydrogen-bond donors (Lipinski definition) is 3. The molecule has 1 saturated heterocycles. The van der Waals surface area contributed by atoms with Gasteiger partial charge in [-0.1, -0.05) is 0 Å². The van der Waals surface area contributed by atoms with Crippen LogP contribution in [0.25, 0.3) is 10.8 Å². The Kier molecular flexibility index (Phi) is 5.83. The Morgan fingerprint density at radius 3 is 2.76 bits per heavy atom. The smallest absolute Gasteiger partial charge is 0.215 e. The van der Waals surface area contributed by atoms with Crippen LogP contribution in [-0.4, -0.2) is 58.4 Å². The molecule has 2 aromatic rings. The Morgan fingerprint density at radius 2 is 2.12 bits per heavy atom. The second-order valence-corrected chi connectivity index (χ2v) is 7.40. The summed E-state index contributed by atoms with van der Waals surface area (Å²) in [4.78, 5) is 25.2. The van der Waals surface area contributed by atoms with Crippen molar-refractivity contribution in [2.24, 2.45) is 5.92 Å². The van der Waals surface area contributed by atoms with Crippen molar-refractivity contribution in [1.82, 2.24) is 15.2 Å². The molecule has 0 aliphatic carbocycles. The highest BCUT2D eigenvalue weighted by Crippen LogP contribution is 2.35. The van der Waals surface area contributed by atoms with E-state index in [9.17, 15) is 0 Å². The number of hydrogen-bond acceptors (Lipinski definition) is 8. The number of nitrogens with zero attached hydrogens (tertiary/aromatic N) is 4. The fourth-order valence-corrected chi connectivity index (χ4v) is 3.91. The van der Waals surface area contributed by atoms with Crippen LogP contribution in [0, 0.1) is 5.92 Å². The Labute approximate surface area is 148 Å². The molecule has 2 aromatic heterocycles. The minimum Gasteiger partial charge on any atom is -0.481 e. The fourth-order valence-electron chi connectivity index (χ4n) is 3.31. The van der Waals surface area contributed by atoms with E-state index in [-0.39, 0.29) is 0 Å². The van der Waals surface area contributed by atoms with E-state index >= 15 is 0 Å². The van der Waals surface area contributed by atoms with Crippen LogP contribution < -0.4 is 15.0 Å². The lowest BCUT2D eigenvalue weighted by molar-refractivity contribution is 0.381. The minimum atomic E-state index is -1.78. The lowest BCUT2D eigenvalue weighted by Crippen LogP contribution is -2.34. The summed E-state index contributed by atoms with van der Waals surface area (Å²) in [6, 6.07) is 1.87. The molecular formula is C16H24N5O3P. The zero-order chi connectivity index (χ0) is 17.8. The Morgan fingerprint density at radius 1 is 1.36 bits per heavy atom. The van der Waals surface area contributed by atoms with E-state index in [2.05, 4.69) is 25.4 Å². The molecular weight excluding hydrogens is 341 g/mol. The van der Waals surface area contributed by atoms with Crippen molar-refractivity contribution >= 4 is 30.8 Å². The second-order valence-electron chi connectivity index (χ2n) is 6.21. The first-order valence-corrected chi connectivity index (χ1v) is 9.84. The van der Waals surface area contributed by atoms with Gasteiger partial charge in [0.1, 0.15) is 5.82 Å². The van der Waals surface area contributed by atoms with Crippen LogP contribution in [0.2, 0.25) is 0 Å². The molecule has 136 valence electrons. The van der Waals surface area contributed by atoms with Gasteiger partial charge in [-0.2, -0.15) is 10.1 Å². The maximum absolute atomic E-state index is 9.11. The molecule has 1 aliphatic rings. The summed E-state index contributed by atoms with van der Waals surface area (Å²) in [5.41, 5.74) is 0. The van der Waals surface area contributed by atoms with Gasteiger partial charge in [0.15, 0.2) is 14.2 Å². The molecule has 25 heavy (non-hydrogen) atoms. The third-order valence-corrected chi connectivity index (χ3v) is 5.35. The number of rotatable bonds is 6. The standard InChI is InChI=1S/C16H24N5O3P/c1-17-15-14-12(10-18-20-15)9-13(24-2)19-16(14)21-6-3-11(4-7-21)5-8-25(22)23/h9-11,22-23H,3-8H2,1-2H3,(H,17,20). The van der Waals surface area contributed by atoms with Gasteiger partial charge in [0.05, 0.1) is 18.7 Å². The molecule has 3 rings (SSSR count). The van der Waals surface area contributed by atoms with E-state index in [1.807, 2.05) is 13.1 Å². The van der Waals surface area contributed by atoms with Gasteiger partial charge in [-0.15, -0.1) is 5.10 Å².